The van der Waals surface area contributed by atoms with Crippen LogP contribution in [0.4, 0.5) is 0 Å². The van der Waals surface area contributed by atoms with Crippen molar-refractivity contribution in [3.8, 4) is 0 Å². The zero-order valence-electron chi connectivity index (χ0n) is 36.9. The summed E-state index contributed by atoms with van der Waals surface area (Å²) in [6.45, 7) is -0.193. The molecule has 0 aromatic heterocycles. The lowest BCUT2D eigenvalue weighted by atomic mass is 9.96. The minimum absolute atomic E-state index is 0.0252. The first kappa shape index (κ1) is 47.9. The number of hydrogen-bond donors (Lipinski definition) is 2. The molecular formula is C54H52O14. The van der Waals surface area contributed by atoms with E-state index in [-0.39, 0.29) is 43.1 Å². The molecule has 0 bridgehead atoms. The molecule has 4 unspecified atom stereocenters. The van der Waals surface area contributed by atoms with Crippen LogP contribution in [0.3, 0.4) is 0 Å². The summed E-state index contributed by atoms with van der Waals surface area (Å²) in [6, 6.07) is 52.7. The minimum Gasteiger partial charge on any atom is -0.459 e. The van der Waals surface area contributed by atoms with Crippen molar-refractivity contribution in [2.45, 2.75) is 81.2 Å². The van der Waals surface area contributed by atoms with Gasteiger partial charge in [0.05, 0.1) is 43.1 Å². The first-order valence-corrected chi connectivity index (χ1v) is 22.3. The predicted molar refractivity (Wildman–Crippen MR) is 245 cm³/mol. The van der Waals surface area contributed by atoms with E-state index in [4.69, 9.17) is 42.6 Å². The third kappa shape index (κ3) is 12.7. The number of hydrogen-bond acceptors (Lipinski definition) is 14. The molecule has 352 valence electrons. The van der Waals surface area contributed by atoms with Gasteiger partial charge in [-0.1, -0.05) is 146 Å². The summed E-state index contributed by atoms with van der Waals surface area (Å²) in [6.07, 6.45) is -14.6. The summed E-state index contributed by atoms with van der Waals surface area (Å²) in [7, 11) is 0. The summed E-state index contributed by atoms with van der Waals surface area (Å²) in [4.78, 5) is 40.8. The molecule has 6 aromatic carbocycles. The number of benzene rings is 6. The van der Waals surface area contributed by atoms with Gasteiger partial charge in [0, 0.05) is 0 Å². The molecule has 2 N–H and O–H groups in total. The first-order chi connectivity index (χ1) is 33.3. The molecule has 14 nitrogen and oxygen atoms in total. The second-order valence-corrected chi connectivity index (χ2v) is 16.2. The topological polar surface area (TPSA) is 175 Å². The van der Waals surface area contributed by atoms with Gasteiger partial charge in [0.2, 0.25) is 0 Å². The van der Waals surface area contributed by atoms with Crippen LogP contribution < -0.4 is 0 Å². The smallest absolute Gasteiger partial charge is 0.338 e. The average molecular weight is 925 g/mol. The van der Waals surface area contributed by atoms with E-state index in [0.29, 0.717) is 0 Å². The van der Waals surface area contributed by atoms with Gasteiger partial charge in [0.15, 0.2) is 24.8 Å². The summed E-state index contributed by atoms with van der Waals surface area (Å²) < 4.78 is 56.6. The molecule has 8 rings (SSSR count). The Morgan fingerprint density at radius 3 is 1.34 bits per heavy atom. The second kappa shape index (κ2) is 23.9. The number of aliphatic hydroxyl groups is 2. The molecule has 0 saturated carbocycles. The number of rotatable bonds is 19. The van der Waals surface area contributed by atoms with Crippen molar-refractivity contribution in [1.82, 2.24) is 0 Å². The fourth-order valence-corrected chi connectivity index (χ4v) is 7.88. The van der Waals surface area contributed by atoms with Gasteiger partial charge in [-0.15, -0.1) is 0 Å². The van der Waals surface area contributed by atoms with Crippen molar-refractivity contribution in [1.29, 1.82) is 0 Å². The minimum atomic E-state index is -1.86. The molecule has 14 heteroatoms. The number of ether oxygens (including phenoxy) is 9. The zero-order valence-corrected chi connectivity index (χ0v) is 36.9. The van der Waals surface area contributed by atoms with E-state index in [2.05, 4.69) is 0 Å². The van der Waals surface area contributed by atoms with E-state index in [1.807, 2.05) is 91.0 Å². The molecular weight excluding hydrogens is 873 g/mol. The molecule has 2 aliphatic heterocycles. The van der Waals surface area contributed by atoms with E-state index in [9.17, 15) is 24.6 Å². The van der Waals surface area contributed by atoms with Gasteiger partial charge >= 0.3 is 17.9 Å². The van der Waals surface area contributed by atoms with Crippen molar-refractivity contribution in [3.05, 3.63) is 215 Å². The molecule has 10 atom stereocenters. The third-order valence-electron chi connectivity index (χ3n) is 11.4. The molecule has 2 saturated heterocycles. The largest absolute Gasteiger partial charge is 0.459 e. The Morgan fingerprint density at radius 1 is 0.426 bits per heavy atom. The average Bonchev–Trinajstić information content (AvgIpc) is 3.39. The molecule has 0 spiro atoms. The fraction of sp³-hybridized carbons (Fsp3) is 0.278. The highest BCUT2D eigenvalue weighted by Gasteiger charge is 2.55. The summed E-state index contributed by atoms with van der Waals surface area (Å²) >= 11 is 0. The Morgan fingerprint density at radius 2 is 0.838 bits per heavy atom. The Kier molecular flexibility index (Phi) is 16.8. The van der Waals surface area contributed by atoms with Gasteiger partial charge in [-0.2, -0.15) is 0 Å². The molecule has 2 fully saturated rings. The standard InChI is InChI=1S/C54H52O14/c55-44-45(66-51(57)40-27-15-5-16-28-40)43(35-63-50(56)39-25-13-4-14-26-39)65-54(47(44)67-52(58)41-29-17-6-18-30-41)68-49-48(62-33-38-23-11-3-12-24-38)46(61-32-37-21-9-2-10-22-37)42(64-53(49)59)34-60-31-36-19-7-1-8-20-36/h1-30,42-49,53-55,59H,31-35H2/t42?,43?,44-,45-,46-,47?,48-,49?,53+,54-/m0/s1. The fourth-order valence-electron chi connectivity index (χ4n) is 7.88. The highest BCUT2D eigenvalue weighted by Crippen LogP contribution is 2.35. The Hall–Kier alpha value is -6.59. The molecule has 0 aliphatic carbocycles. The Labute approximate surface area is 393 Å². The maximum Gasteiger partial charge on any atom is 0.338 e. The molecule has 6 aromatic rings. The molecule has 0 radical (unpaired) electrons. The lowest BCUT2D eigenvalue weighted by Gasteiger charge is -2.48. The predicted octanol–water partition coefficient (Wildman–Crippen LogP) is 6.87. The maximum atomic E-state index is 13.9. The molecule has 0 amide bonds. The summed E-state index contributed by atoms with van der Waals surface area (Å²) in [5.74, 6) is -2.43. The Bertz CT molecular complexity index is 2460. The van der Waals surface area contributed by atoms with Crippen LogP contribution in [-0.4, -0.2) is 103 Å². The van der Waals surface area contributed by atoms with Crippen LogP contribution in [0.15, 0.2) is 182 Å². The number of esters is 3. The van der Waals surface area contributed by atoms with E-state index < -0.39 is 85.9 Å². The Balaban J connectivity index is 1.13. The lowest BCUT2D eigenvalue weighted by Crippen LogP contribution is -2.66. The quantitative estimate of drug-likeness (QED) is 0.0636. The third-order valence-corrected chi connectivity index (χ3v) is 11.4. The SMILES string of the molecule is O=C(OCC1O[C@@H](OC2[C@H](O)OC(COCc3ccccc3)[C@H](OCc3ccccc3)[C@@H]2OCc2ccccc2)C(OC(=O)c2ccccc2)[C@@H](O)[C@H]1OC(=O)c1ccccc1)c1ccccc1. The van der Waals surface area contributed by atoms with Crippen LogP contribution in [0, 0.1) is 0 Å². The van der Waals surface area contributed by atoms with Gasteiger partial charge in [-0.05, 0) is 53.1 Å². The van der Waals surface area contributed by atoms with Crippen molar-refractivity contribution < 1.29 is 67.2 Å². The normalized spacial score (nSPS) is 24.6. The lowest BCUT2D eigenvalue weighted by molar-refractivity contribution is -0.368. The van der Waals surface area contributed by atoms with Crippen LogP contribution in [0.1, 0.15) is 47.8 Å². The summed E-state index contributed by atoms with van der Waals surface area (Å²) in [5.41, 5.74) is 3.08. The van der Waals surface area contributed by atoms with Crippen molar-refractivity contribution in [3.63, 3.8) is 0 Å². The van der Waals surface area contributed by atoms with E-state index >= 15 is 0 Å². The van der Waals surface area contributed by atoms with Crippen LogP contribution in [0.5, 0.6) is 0 Å². The highest BCUT2D eigenvalue weighted by atomic mass is 16.8. The van der Waals surface area contributed by atoms with Crippen molar-refractivity contribution in [2.24, 2.45) is 0 Å². The number of carbonyl (C=O) groups is 3. The van der Waals surface area contributed by atoms with E-state index in [1.165, 1.54) is 24.3 Å². The van der Waals surface area contributed by atoms with Crippen LogP contribution >= 0.6 is 0 Å². The van der Waals surface area contributed by atoms with Gasteiger partial charge in [-0.25, -0.2) is 14.4 Å². The number of carbonyl (C=O) groups excluding carboxylic acids is 3. The van der Waals surface area contributed by atoms with Crippen LogP contribution in [-0.2, 0) is 62.5 Å². The molecule has 2 aliphatic rings. The maximum absolute atomic E-state index is 13.9. The number of aliphatic hydroxyl groups excluding tert-OH is 2. The van der Waals surface area contributed by atoms with Gasteiger partial charge in [-0.3, -0.25) is 0 Å². The van der Waals surface area contributed by atoms with Gasteiger partial charge in [0.25, 0.3) is 0 Å². The first-order valence-electron chi connectivity index (χ1n) is 22.3. The van der Waals surface area contributed by atoms with Gasteiger partial charge < -0.3 is 52.8 Å². The van der Waals surface area contributed by atoms with E-state index in [1.54, 1.807) is 66.7 Å². The molecule has 2 heterocycles. The monoisotopic (exact) mass is 924 g/mol. The van der Waals surface area contributed by atoms with Gasteiger partial charge in [0.1, 0.15) is 43.2 Å². The van der Waals surface area contributed by atoms with Crippen LogP contribution in [0.2, 0.25) is 0 Å². The zero-order chi connectivity index (χ0) is 47.1. The summed E-state index contributed by atoms with van der Waals surface area (Å²) in [5, 5.41) is 24.4. The second-order valence-electron chi connectivity index (χ2n) is 16.2. The van der Waals surface area contributed by atoms with Crippen molar-refractivity contribution in [2.75, 3.05) is 13.2 Å². The molecule has 68 heavy (non-hydrogen) atoms. The highest BCUT2D eigenvalue weighted by molar-refractivity contribution is 5.90. The van der Waals surface area contributed by atoms with Crippen LogP contribution in [0.25, 0.3) is 0 Å². The van der Waals surface area contributed by atoms with E-state index in [0.717, 1.165) is 16.7 Å². The van der Waals surface area contributed by atoms with Crippen molar-refractivity contribution >= 4 is 17.9 Å².